The molecule has 2 rings (SSSR count). The number of aliphatic hydroxyl groups is 1. The molecule has 13 heavy (non-hydrogen) atoms. The Bertz CT molecular complexity index is 180. The highest BCUT2D eigenvalue weighted by Crippen LogP contribution is 2.28. The molecule has 76 valence electrons. The van der Waals surface area contributed by atoms with Crippen LogP contribution in [-0.4, -0.2) is 41.3 Å². The molecule has 2 unspecified atom stereocenters. The molecular weight excluding hydrogens is 164 g/mol. The first kappa shape index (κ1) is 9.44. The second-order valence-corrected chi connectivity index (χ2v) is 4.71. The molecule has 3 N–H and O–H groups in total. The topological polar surface area (TPSA) is 49.5 Å². The van der Waals surface area contributed by atoms with E-state index in [1.54, 1.807) is 0 Å². The number of nitrogens with two attached hydrogens (primary N) is 1. The van der Waals surface area contributed by atoms with Gasteiger partial charge in [-0.05, 0) is 25.2 Å². The van der Waals surface area contributed by atoms with Crippen molar-refractivity contribution in [3.63, 3.8) is 0 Å². The standard InChI is InChI=1S/C10H20N2O/c1-7-6-12(3-2-10(7)13)9-4-8(11)5-9/h7-10,13H,2-6,11H2,1H3. The van der Waals surface area contributed by atoms with Gasteiger partial charge in [0.1, 0.15) is 0 Å². The van der Waals surface area contributed by atoms with Gasteiger partial charge in [0.05, 0.1) is 6.10 Å². The molecule has 3 heteroatoms. The van der Waals surface area contributed by atoms with Crippen LogP contribution in [0, 0.1) is 5.92 Å². The summed E-state index contributed by atoms with van der Waals surface area (Å²) in [7, 11) is 0. The van der Waals surface area contributed by atoms with E-state index in [4.69, 9.17) is 5.73 Å². The van der Waals surface area contributed by atoms with Crippen molar-refractivity contribution in [3.05, 3.63) is 0 Å². The molecule has 1 aliphatic carbocycles. The van der Waals surface area contributed by atoms with Crippen molar-refractivity contribution in [3.8, 4) is 0 Å². The number of rotatable bonds is 1. The molecule has 1 saturated carbocycles. The number of hydrogen-bond donors (Lipinski definition) is 2. The largest absolute Gasteiger partial charge is 0.393 e. The van der Waals surface area contributed by atoms with E-state index in [-0.39, 0.29) is 6.10 Å². The molecule has 2 atom stereocenters. The van der Waals surface area contributed by atoms with Gasteiger partial charge in [0.25, 0.3) is 0 Å². The van der Waals surface area contributed by atoms with Gasteiger partial charge >= 0.3 is 0 Å². The lowest BCUT2D eigenvalue weighted by molar-refractivity contribution is -0.00356. The van der Waals surface area contributed by atoms with Crippen LogP contribution in [0.2, 0.25) is 0 Å². The lowest BCUT2D eigenvalue weighted by Crippen LogP contribution is -2.55. The Labute approximate surface area is 79.9 Å². The predicted octanol–water partition coefficient (Wildman–Crippen LogP) is 0.179. The quantitative estimate of drug-likeness (QED) is 0.611. The van der Waals surface area contributed by atoms with Crippen LogP contribution in [0.5, 0.6) is 0 Å². The molecule has 0 aromatic heterocycles. The van der Waals surface area contributed by atoms with E-state index < -0.39 is 0 Å². The molecule has 0 radical (unpaired) electrons. The molecule has 1 heterocycles. The van der Waals surface area contributed by atoms with Gasteiger partial charge in [-0.3, -0.25) is 4.90 Å². The Kier molecular flexibility index (Phi) is 2.58. The zero-order valence-electron chi connectivity index (χ0n) is 8.32. The minimum atomic E-state index is -0.0787. The summed E-state index contributed by atoms with van der Waals surface area (Å²) in [4.78, 5) is 2.50. The van der Waals surface area contributed by atoms with Crippen molar-refractivity contribution in [1.82, 2.24) is 4.90 Å². The van der Waals surface area contributed by atoms with Gasteiger partial charge in [-0.25, -0.2) is 0 Å². The second kappa shape index (κ2) is 3.56. The summed E-state index contributed by atoms with van der Waals surface area (Å²) >= 11 is 0. The second-order valence-electron chi connectivity index (χ2n) is 4.71. The van der Waals surface area contributed by atoms with Crippen LogP contribution < -0.4 is 5.73 Å². The first-order chi connectivity index (χ1) is 6.16. The normalized spacial score (nSPS) is 47.3. The van der Waals surface area contributed by atoms with Gasteiger partial charge in [-0.1, -0.05) is 6.92 Å². The van der Waals surface area contributed by atoms with Crippen LogP contribution >= 0.6 is 0 Å². The summed E-state index contributed by atoms with van der Waals surface area (Å²) in [6, 6.07) is 1.15. The van der Waals surface area contributed by atoms with Crippen LogP contribution in [-0.2, 0) is 0 Å². The van der Waals surface area contributed by atoms with E-state index in [2.05, 4.69) is 11.8 Å². The third-order valence-electron chi connectivity index (χ3n) is 3.56. The van der Waals surface area contributed by atoms with E-state index in [0.717, 1.165) is 32.4 Å². The zero-order chi connectivity index (χ0) is 9.42. The van der Waals surface area contributed by atoms with Gasteiger partial charge in [0.2, 0.25) is 0 Å². The van der Waals surface area contributed by atoms with Crippen molar-refractivity contribution in [2.45, 2.75) is 44.4 Å². The lowest BCUT2D eigenvalue weighted by Gasteiger charge is -2.45. The summed E-state index contributed by atoms with van der Waals surface area (Å²) in [6.07, 6.45) is 3.17. The van der Waals surface area contributed by atoms with Gasteiger partial charge in [-0.2, -0.15) is 0 Å². The third kappa shape index (κ3) is 1.87. The molecule has 0 spiro atoms. The highest BCUT2D eigenvalue weighted by Gasteiger charge is 2.35. The maximum Gasteiger partial charge on any atom is 0.0590 e. The first-order valence-electron chi connectivity index (χ1n) is 5.34. The SMILES string of the molecule is CC1CN(C2CC(N)C2)CCC1O. The van der Waals surface area contributed by atoms with Crippen LogP contribution in [0.15, 0.2) is 0 Å². The average Bonchev–Trinajstić information content (AvgIpc) is 2.05. The summed E-state index contributed by atoms with van der Waals surface area (Å²) in [5.74, 6) is 0.436. The Morgan fingerprint density at radius 3 is 2.62 bits per heavy atom. The highest BCUT2D eigenvalue weighted by atomic mass is 16.3. The molecule has 1 aliphatic heterocycles. The smallest absolute Gasteiger partial charge is 0.0590 e. The Morgan fingerprint density at radius 1 is 1.38 bits per heavy atom. The van der Waals surface area contributed by atoms with Crippen molar-refractivity contribution in [1.29, 1.82) is 0 Å². The summed E-state index contributed by atoms with van der Waals surface area (Å²) in [6.45, 7) is 4.25. The predicted molar refractivity (Wildman–Crippen MR) is 52.4 cm³/mol. The molecular formula is C10H20N2O. The van der Waals surface area contributed by atoms with Crippen molar-refractivity contribution >= 4 is 0 Å². The molecule has 0 amide bonds. The number of nitrogens with zero attached hydrogens (tertiary/aromatic N) is 1. The van der Waals surface area contributed by atoms with Crippen molar-refractivity contribution in [2.75, 3.05) is 13.1 Å². The van der Waals surface area contributed by atoms with E-state index in [0.29, 0.717) is 18.0 Å². The van der Waals surface area contributed by atoms with Crippen LogP contribution in [0.4, 0.5) is 0 Å². The Hall–Kier alpha value is -0.120. The third-order valence-corrected chi connectivity index (χ3v) is 3.56. The molecule has 2 aliphatic rings. The van der Waals surface area contributed by atoms with Crippen LogP contribution in [0.1, 0.15) is 26.2 Å². The molecule has 0 aromatic carbocycles. The molecule has 1 saturated heterocycles. The van der Waals surface area contributed by atoms with Crippen LogP contribution in [0.3, 0.4) is 0 Å². The Balaban J connectivity index is 1.82. The van der Waals surface area contributed by atoms with Crippen LogP contribution in [0.25, 0.3) is 0 Å². The molecule has 0 bridgehead atoms. The fourth-order valence-electron chi connectivity index (χ4n) is 2.43. The van der Waals surface area contributed by atoms with Gasteiger partial charge < -0.3 is 10.8 Å². The minimum absolute atomic E-state index is 0.0787. The average molecular weight is 184 g/mol. The van der Waals surface area contributed by atoms with E-state index in [1.165, 1.54) is 0 Å². The van der Waals surface area contributed by atoms with E-state index >= 15 is 0 Å². The number of aliphatic hydroxyl groups excluding tert-OH is 1. The Morgan fingerprint density at radius 2 is 2.08 bits per heavy atom. The molecule has 2 fully saturated rings. The fraction of sp³-hybridized carbons (Fsp3) is 1.00. The number of likely N-dealkylation sites (tertiary alicyclic amines) is 1. The molecule has 0 aromatic rings. The zero-order valence-corrected chi connectivity index (χ0v) is 8.32. The summed E-state index contributed by atoms with van der Waals surface area (Å²) in [5.41, 5.74) is 5.76. The first-order valence-corrected chi connectivity index (χ1v) is 5.34. The maximum atomic E-state index is 9.57. The molecule has 3 nitrogen and oxygen atoms in total. The number of hydrogen-bond acceptors (Lipinski definition) is 3. The lowest BCUT2D eigenvalue weighted by atomic mass is 9.84. The van der Waals surface area contributed by atoms with E-state index in [1.807, 2.05) is 0 Å². The highest BCUT2D eigenvalue weighted by molar-refractivity contribution is 4.92. The summed E-state index contributed by atoms with van der Waals surface area (Å²) in [5, 5.41) is 9.57. The van der Waals surface area contributed by atoms with Crippen molar-refractivity contribution < 1.29 is 5.11 Å². The fourth-order valence-corrected chi connectivity index (χ4v) is 2.43. The maximum absolute atomic E-state index is 9.57. The number of piperidine rings is 1. The monoisotopic (exact) mass is 184 g/mol. The minimum Gasteiger partial charge on any atom is -0.393 e. The van der Waals surface area contributed by atoms with E-state index in [9.17, 15) is 5.11 Å². The van der Waals surface area contributed by atoms with Crippen molar-refractivity contribution in [2.24, 2.45) is 11.7 Å². The van der Waals surface area contributed by atoms with Gasteiger partial charge in [0.15, 0.2) is 0 Å². The summed E-state index contributed by atoms with van der Waals surface area (Å²) < 4.78 is 0. The van der Waals surface area contributed by atoms with Gasteiger partial charge in [0, 0.05) is 25.2 Å². The van der Waals surface area contributed by atoms with Gasteiger partial charge in [-0.15, -0.1) is 0 Å².